The van der Waals surface area contributed by atoms with E-state index >= 15 is 0 Å². The first-order valence-corrected chi connectivity index (χ1v) is 5.15. The zero-order valence-electron chi connectivity index (χ0n) is 9.24. The number of carboxylic acids is 1. The lowest BCUT2D eigenvalue weighted by molar-refractivity contribution is -0.427. The van der Waals surface area contributed by atoms with Crippen LogP contribution in [-0.2, 0) is 14.4 Å². The lowest BCUT2D eigenvalue weighted by Gasteiger charge is -2.03. The predicted octanol–water partition coefficient (Wildman–Crippen LogP) is 1.25. The third kappa shape index (κ3) is 2.37. The molecule has 1 aromatic carbocycles. The second-order valence-electron chi connectivity index (χ2n) is 3.63. The van der Waals surface area contributed by atoms with Crippen LogP contribution in [0.25, 0.3) is 0 Å². The molecule has 0 atom stereocenters. The van der Waals surface area contributed by atoms with Crippen LogP contribution in [0.3, 0.4) is 0 Å². The molecular weight excluding hydrogens is 236 g/mol. The van der Waals surface area contributed by atoms with Crippen LogP contribution in [0.15, 0.2) is 47.1 Å². The zero-order chi connectivity index (χ0) is 13.1. The van der Waals surface area contributed by atoms with E-state index in [1.54, 1.807) is 30.3 Å². The second kappa shape index (κ2) is 4.70. The van der Waals surface area contributed by atoms with Crippen molar-refractivity contribution in [1.29, 1.82) is 0 Å². The second-order valence-corrected chi connectivity index (χ2v) is 3.63. The van der Waals surface area contributed by atoms with Crippen LogP contribution in [0.2, 0.25) is 0 Å². The van der Waals surface area contributed by atoms with Crippen molar-refractivity contribution < 1.29 is 24.2 Å². The normalized spacial score (nSPS) is 15.1. The molecule has 2 amide bonds. The van der Waals surface area contributed by atoms with Crippen molar-refractivity contribution in [2.45, 2.75) is 6.42 Å². The van der Waals surface area contributed by atoms with E-state index in [9.17, 15) is 14.4 Å². The first-order chi connectivity index (χ1) is 8.58. The van der Waals surface area contributed by atoms with Crippen molar-refractivity contribution in [1.82, 2.24) is 0 Å². The van der Waals surface area contributed by atoms with Gasteiger partial charge in [0.2, 0.25) is 5.69 Å². The van der Waals surface area contributed by atoms with Gasteiger partial charge < -0.3 is 5.11 Å². The van der Waals surface area contributed by atoms with Crippen LogP contribution in [-0.4, -0.2) is 27.6 Å². The summed E-state index contributed by atoms with van der Waals surface area (Å²) in [5.41, 5.74) is 0.346. The van der Waals surface area contributed by atoms with Crippen LogP contribution in [0.1, 0.15) is 6.42 Å². The van der Waals surface area contributed by atoms with Crippen LogP contribution >= 0.6 is 0 Å². The van der Waals surface area contributed by atoms with Gasteiger partial charge in [-0.05, 0) is 4.70 Å². The van der Waals surface area contributed by atoms with E-state index in [1.165, 1.54) is 0 Å². The molecule has 6 heteroatoms. The van der Waals surface area contributed by atoms with Gasteiger partial charge >= 0.3 is 17.8 Å². The Balaban J connectivity index is 2.37. The van der Waals surface area contributed by atoms with E-state index in [2.05, 4.69) is 5.11 Å². The summed E-state index contributed by atoms with van der Waals surface area (Å²) in [5, 5.41) is 12.2. The maximum Gasteiger partial charge on any atom is 0.446 e. The van der Waals surface area contributed by atoms with Crippen molar-refractivity contribution in [3.05, 3.63) is 42.0 Å². The number of amides is 2. The van der Waals surface area contributed by atoms with Gasteiger partial charge in [0.05, 0.1) is 17.1 Å². The van der Waals surface area contributed by atoms with Gasteiger partial charge in [0, 0.05) is 18.2 Å². The van der Waals surface area contributed by atoms with E-state index in [-0.39, 0.29) is 5.57 Å². The lowest BCUT2D eigenvalue weighted by Crippen LogP contribution is -2.24. The van der Waals surface area contributed by atoms with Gasteiger partial charge in [0.25, 0.3) is 0 Å². The monoisotopic (exact) mass is 245 g/mol. The molecule has 1 aliphatic heterocycles. The van der Waals surface area contributed by atoms with Gasteiger partial charge in [-0.25, -0.2) is 4.79 Å². The fourth-order valence-corrected chi connectivity index (χ4v) is 1.55. The minimum absolute atomic E-state index is 0.0775. The van der Waals surface area contributed by atoms with Gasteiger partial charge in [-0.2, -0.15) is 0 Å². The molecule has 1 N–H and O–H groups in total. The fraction of sp³-hybridized carbons (Fsp3) is 0.0833. The van der Waals surface area contributed by atoms with Crippen LogP contribution in [0.5, 0.6) is 0 Å². The number of para-hydroxylation sites is 1. The van der Waals surface area contributed by atoms with Crippen molar-refractivity contribution in [2.75, 3.05) is 0 Å². The van der Waals surface area contributed by atoms with Gasteiger partial charge in [0.1, 0.15) is 0 Å². The molecule has 0 saturated carbocycles. The summed E-state index contributed by atoms with van der Waals surface area (Å²) in [7, 11) is 0. The van der Waals surface area contributed by atoms with Crippen molar-refractivity contribution in [2.24, 2.45) is 5.11 Å². The van der Waals surface area contributed by atoms with Gasteiger partial charge in [-0.3, -0.25) is 9.59 Å². The van der Waals surface area contributed by atoms with Gasteiger partial charge in [0.15, 0.2) is 0 Å². The van der Waals surface area contributed by atoms with E-state index in [0.29, 0.717) is 5.69 Å². The first-order valence-electron chi connectivity index (χ1n) is 5.15. The number of rotatable bonds is 3. The Bertz CT molecular complexity index is 587. The highest BCUT2D eigenvalue weighted by Gasteiger charge is 2.34. The van der Waals surface area contributed by atoms with E-state index in [0.717, 1.165) is 10.8 Å². The topological polar surface area (TPSA) is 86.8 Å². The quantitative estimate of drug-likeness (QED) is 0.812. The molecule has 0 bridgehead atoms. The summed E-state index contributed by atoms with van der Waals surface area (Å²) in [6, 6.07) is 8.36. The Morgan fingerprint density at radius 2 is 1.89 bits per heavy atom. The minimum Gasteiger partial charge on any atom is -0.481 e. The summed E-state index contributed by atoms with van der Waals surface area (Å²) in [6.45, 7) is 0. The highest BCUT2D eigenvalue weighted by atomic mass is 16.4. The third-order valence-corrected chi connectivity index (χ3v) is 2.31. The van der Waals surface area contributed by atoms with Crippen LogP contribution in [0.4, 0.5) is 5.69 Å². The maximum absolute atomic E-state index is 12.0. The van der Waals surface area contributed by atoms with Crippen molar-refractivity contribution in [3.63, 3.8) is 0 Å². The fourth-order valence-electron chi connectivity index (χ4n) is 1.55. The zero-order valence-corrected chi connectivity index (χ0v) is 9.24. The van der Waals surface area contributed by atoms with Crippen molar-refractivity contribution in [3.8, 4) is 0 Å². The molecule has 0 saturated heterocycles. The smallest absolute Gasteiger partial charge is 0.446 e. The average molecular weight is 245 g/mol. The summed E-state index contributed by atoms with van der Waals surface area (Å²) in [6.07, 6.45) is 0.458. The lowest BCUT2D eigenvalue weighted by atomic mass is 10.1. The molecule has 90 valence electrons. The summed E-state index contributed by atoms with van der Waals surface area (Å²) in [5.74, 6) is -2.41. The number of nitrogens with zero attached hydrogens (tertiary/aromatic N) is 2. The maximum atomic E-state index is 12.0. The molecule has 0 aromatic heterocycles. The standard InChI is InChI=1S/C12H8N2O4/c15-10-6-8(7-11(16)17)12(18)14(13-10)9-4-2-1-3-5-9/h1-6H,7H2/p+1. The van der Waals surface area contributed by atoms with Crippen molar-refractivity contribution >= 4 is 23.5 Å². The van der Waals surface area contributed by atoms with E-state index < -0.39 is 24.2 Å². The molecule has 2 rings (SSSR count). The Labute approximate surface area is 102 Å². The number of aliphatic carboxylic acids is 1. The van der Waals surface area contributed by atoms with Crippen LogP contribution in [0, 0.1) is 0 Å². The molecule has 1 aliphatic rings. The largest absolute Gasteiger partial charge is 0.481 e. The number of azo groups is 2. The van der Waals surface area contributed by atoms with E-state index in [1.807, 2.05) is 0 Å². The molecule has 0 radical (unpaired) electrons. The molecule has 0 spiro atoms. The molecular formula is C12H9N2O4+. The first kappa shape index (κ1) is 11.8. The Kier molecular flexibility index (Phi) is 3.09. The number of carbonyl (C=O) groups excluding carboxylic acids is 2. The summed E-state index contributed by atoms with van der Waals surface area (Å²) in [4.78, 5) is 33.9. The number of hydrogen-bond donors (Lipinski definition) is 1. The Morgan fingerprint density at radius 3 is 2.50 bits per heavy atom. The SMILES string of the molecule is O=C(O)CC1=CC(=O)N=[N+](c2ccccc2)C1=O. The Morgan fingerprint density at radius 1 is 1.22 bits per heavy atom. The molecule has 6 nitrogen and oxygen atoms in total. The molecule has 0 unspecified atom stereocenters. The average Bonchev–Trinajstić information content (AvgIpc) is 2.34. The highest BCUT2D eigenvalue weighted by Crippen LogP contribution is 2.19. The molecule has 1 aromatic rings. The molecule has 0 fully saturated rings. The third-order valence-electron chi connectivity index (χ3n) is 2.31. The van der Waals surface area contributed by atoms with Crippen LogP contribution < -0.4 is 0 Å². The molecule has 18 heavy (non-hydrogen) atoms. The van der Waals surface area contributed by atoms with Gasteiger partial charge in [-0.15, -0.1) is 0 Å². The summed E-state index contributed by atoms with van der Waals surface area (Å²) >= 11 is 0. The molecule has 0 aliphatic carbocycles. The molecule has 1 heterocycles. The van der Waals surface area contributed by atoms with E-state index in [4.69, 9.17) is 5.11 Å². The Hall–Kier alpha value is -2.63. The van der Waals surface area contributed by atoms with Gasteiger partial charge in [-0.1, -0.05) is 18.2 Å². The number of benzene rings is 1. The summed E-state index contributed by atoms with van der Waals surface area (Å²) < 4.78 is 0.917. The predicted molar refractivity (Wildman–Crippen MR) is 59.1 cm³/mol. The number of carboxylic acid groups (broad SMARTS) is 1. The number of hydrogen-bond acceptors (Lipinski definition) is 3. The minimum atomic E-state index is -1.17. The highest BCUT2D eigenvalue weighted by molar-refractivity contribution is 6.03. The number of carbonyl (C=O) groups is 3.